The minimum atomic E-state index is 0.534. The van der Waals surface area contributed by atoms with Crippen molar-refractivity contribution in [3.63, 3.8) is 0 Å². The monoisotopic (exact) mass is 244 g/mol. The summed E-state index contributed by atoms with van der Waals surface area (Å²) in [6.45, 7) is 1.93. The second kappa shape index (κ2) is 3.85. The van der Waals surface area contributed by atoms with Crippen molar-refractivity contribution in [3.05, 3.63) is 33.4 Å². The number of nitrogens with zero attached hydrogens (tertiary/aromatic N) is 2. The molecule has 0 unspecified atom stereocenters. The molecule has 0 saturated carbocycles. The van der Waals surface area contributed by atoms with Crippen molar-refractivity contribution in [3.8, 4) is 10.7 Å². The number of thiazole rings is 1. The van der Waals surface area contributed by atoms with Crippen LogP contribution in [-0.4, -0.2) is 9.97 Å². The van der Waals surface area contributed by atoms with E-state index < -0.39 is 0 Å². The zero-order valence-electron chi connectivity index (χ0n) is 7.29. The molecule has 0 atom stereocenters. The fourth-order valence-corrected chi connectivity index (χ4v) is 2.37. The van der Waals surface area contributed by atoms with Crippen molar-refractivity contribution in [2.75, 3.05) is 0 Å². The second-order valence-corrected chi connectivity index (χ2v) is 4.48. The Morgan fingerprint density at radius 3 is 2.71 bits per heavy atom. The zero-order valence-corrected chi connectivity index (χ0v) is 9.62. The molecule has 0 aliphatic heterocycles. The second-order valence-electron chi connectivity index (χ2n) is 2.78. The Morgan fingerprint density at radius 2 is 2.14 bits per heavy atom. The van der Waals surface area contributed by atoms with Crippen molar-refractivity contribution in [1.82, 2.24) is 9.97 Å². The lowest BCUT2D eigenvalue weighted by Gasteiger charge is -1.98. The first-order chi connectivity index (χ1) is 6.66. The molecule has 0 saturated heterocycles. The smallest absolute Gasteiger partial charge is 0.143 e. The Balaban J connectivity index is 2.52. The predicted molar refractivity (Wildman–Crippen MR) is 60.1 cm³/mol. The van der Waals surface area contributed by atoms with Gasteiger partial charge in [-0.05, 0) is 13.0 Å². The number of hydrogen-bond acceptors (Lipinski definition) is 3. The SMILES string of the molecule is Cc1csc(-c2ncc(Cl)cc2Cl)n1. The van der Waals surface area contributed by atoms with Gasteiger partial charge in [0, 0.05) is 17.3 Å². The van der Waals surface area contributed by atoms with E-state index in [1.165, 1.54) is 11.3 Å². The molecule has 0 radical (unpaired) electrons. The average Bonchev–Trinajstić information content (AvgIpc) is 2.51. The molecule has 0 spiro atoms. The number of pyridine rings is 1. The molecule has 0 N–H and O–H groups in total. The maximum absolute atomic E-state index is 5.99. The molecular weight excluding hydrogens is 239 g/mol. The minimum Gasteiger partial charge on any atom is -0.251 e. The van der Waals surface area contributed by atoms with Crippen molar-refractivity contribution in [2.45, 2.75) is 6.92 Å². The molecule has 2 aromatic heterocycles. The Labute approximate surface area is 95.5 Å². The molecule has 0 amide bonds. The largest absolute Gasteiger partial charge is 0.251 e. The van der Waals surface area contributed by atoms with E-state index in [0.717, 1.165) is 10.7 Å². The molecule has 2 aromatic rings. The summed E-state index contributed by atoms with van der Waals surface area (Å²) >= 11 is 13.3. The summed E-state index contributed by atoms with van der Waals surface area (Å²) in [6, 6.07) is 1.67. The van der Waals surface area contributed by atoms with Crippen LogP contribution in [0.15, 0.2) is 17.6 Å². The summed E-state index contributed by atoms with van der Waals surface area (Å²) in [5, 5.41) is 3.85. The Hall–Kier alpha value is -0.640. The van der Waals surface area contributed by atoms with Crippen LogP contribution in [-0.2, 0) is 0 Å². The first-order valence-corrected chi connectivity index (χ1v) is 5.54. The van der Waals surface area contributed by atoms with E-state index in [0.29, 0.717) is 15.7 Å². The van der Waals surface area contributed by atoms with Crippen molar-refractivity contribution in [2.24, 2.45) is 0 Å². The quantitative estimate of drug-likeness (QED) is 0.763. The Kier molecular flexibility index (Phi) is 2.72. The summed E-state index contributed by atoms with van der Waals surface area (Å²) in [4.78, 5) is 8.45. The topological polar surface area (TPSA) is 25.8 Å². The first-order valence-electron chi connectivity index (χ1n) is 3.90. The normalized spacial score (nSPS) is 10.5. The average molecular weight is 245 g/mol. The van der Waals surface area contributed by atoms with Gasteiger partial charge in [-0.1, -0.05) is 23.2 Å². The molecule has 2 rings (SSSR count). The summed E-state index contributed by atoms with van der Waals surface area (Å²) in [6.07, 6.45) is 1.57. The van der Waals surface area contributed by atoms with Crippen LogP contribution in [0.2, 0.25) is 10.0 Å². The predicted octanol–water partition coefficient (Wildman–Crippen LogP) is 3.82. The van der Waals surface area contributed by atoms with Gasteiger partial charge in [0.15, 0.2) is 0 Å². The third kappa shape index (κ3) is 1.90. The van der Waals surface area contributed by atoms with Crippen LogP contribution in [0.25, 0.3) is 10.7 Å². The van der Waals surface area contributed by atoms with E-state index in [9.17, 15) is 0 Å². The lowest BCUT2D eigenvalue weighted by molar-refractivity contribution is 1.23. The van der Waals surface area contributed by atoms with Crippen LogP contribution in [0.1, 0.15) is 5.69 Å². The fraction of sp³-hybridized carbons (Fsp3) is 0.111. The standard InChI is InChI=1S/C9H6Cl2N2S/c1-5-4-14-9(13-5)8-7(11)2-6(10)3-12-8/h2-4H,1H3. The zero-order chi connectivity index (χ0) is 10.1. The van der Waals surface area contributed by atoms with Gasteiger partial charge in [0.1, 0.15) is 10.7 Å². The minimum absolute atomic E-state index is 0.534. The van der Waals surface area contributed by atoms with Gasteiger partial charge in [0.25, 0.3) is 0 Å². The number of halogens is 2. The lowest BCUT2D eigenvalue weighted by Crippen LogP contribution is -1.84. The first kappa shape index (κ1) is 9.90. The number of aromatic nitrogens is 2. The number of rotatable bonds is 1. The molecule has 0 aliphatic rings. The molecular formula is C9H6Cl2N2S. The van der Waals surface area contributed by atoms with E-state index in [1.54, 1.807) is 12.3 Å². The van der Waals surface area contributed by atoms with E-state index in [1.807, 2.05) is 12.3 Å². The van der Waals surface area contributed by atoms with Gasteiger partial charge in [0.2, 0.25) is 0 Å². The van der Waals surface area contributed by atoms with Gasteiger partial charge in [-0.15, -0.1) is 11.3 Å². The van der Waals surface area contributed by atoms with Gasteiger partial charge in [0.05, 0.1) is 10.0 Å². The molecule has 0 aromatic carbocycles. The van der Waals surface area contributed by atoms with Crippen LogP contribution in [0.4, 0.5) is 0 Å². The van der Waals surface area contributed by atoms with E-state index in [4.69, 9.17) is 23.2 Å². The molecule has 2 heterocycles. The third-order valence-electron chi connectivity index (χ3n) is 1.63. The van der Waals surface area contributed by atoms with Crippen molar-refractivity contribution >= 4 is 34.5 Å². The fourth-order valence-electron chi connectivity index (χ4n) is 1.03. The maximum atomic E-state index is 5.99. The highest BCUT2D eigenvalue weighted by molar-refractivity contribution is 7.13. The van der Waals surface area contributed by atoms with Gasteiger partial charge in [-0.25, -0.2) is 4.98 Å². The van der Waals surface area contributed by atoms with Crippen LogP contribution < -0.4 is 0 Å². The summed E-state index contributed by atoms with van der Waals surface area (Å²) in [5.74, 6) is 0. The molecule has 72 valence electrons. The van der Waals surface area contributed by atoms with Gasteiger partial charge in [-0.2, -0.15) is 0 Å². The van der Waals surface area contributed by atoms with Crippen LogP contribution in [0, 0.1) is 6.92 Å². The van der Waals surface area contributed by atoms with Crippen LogP contribution >= 0.6 is 34.5 Å². The molecule has 14 heavy (non-hydrogen) atoms. The van der Waals surface area contributed by atoms with Crippen molar-refractivity contribution in [1.29, 1.82) is 0 Å². The maximum Gasteiger partial charge on any atom is 0.143 e. The Bertz CT molecular complexity index is 468. The molecule has 0 bridgehead atoms. The van der Waals surface area contributed by atoms with Gasteiger partial charge in [-0.3, -0.25) is 4.98 Å². The van der Waals surface area contributed by atoms with E-state index >= 15 is 0 Å². The number of aryl methyl sites for hydroxylation is 1. The molecule has 0 aliphatic carbocycles. The third-order valence-corrected chi connectivity index (χ3v) is 3.09. The lowest BCUT2D eigenvalue weighted by atomic mass is 10.3. The molecule has 2 nitrogen and oxygen atoms in total. The Morgan fingerprint density at radius 1 is 1.36 bits per heavy atom. The highest BCUT2D eigenvalue weighted by Gasteiger charge is 2.08. The molecule has 0 fully saturated rings. The van der Waals surface area contributed by atoms with Gasteiger partial charge >= 0.3 is 0 Å². The summed E-state index contributed by atoms with van der Waals surface area (Å²) < 4.78 is 0. The molecule has 5 heteroatoms. The van der Waals surface area contributed by atoms with E-state index in [-0.39, 0.29) is 0 Å². The van der Waals surface area contributed by atoms with Crippen LogP contribution in [0.3, 0.4) is 0 Å². The van der Waals surface area contributed by atoms with Crippen molar-refractivity contribution < 1.29 is 0 Å². The number of hydrogen-bond donors (Lipinski definition) is 0. The summed E-state index contributed by atoms with van der Waals surface area (Å²) in [5.41, 5.74) is 1.66. The highest BCUT2D eigenvalue weighted by Crippen LogP contribution is 2.29. The highest BCUT2D eigenvalue weighted by atomic mass is 35.5. The van der Waals surface area contributed by atoms with E-state index in [2.05, 4.69) is 9.97 Å². The van der Waals surface area contributed by atoms with Crippen LogP contribution in [0.5, 0.6) is 0 Å². The van der Waals surface area contributed by atoms with Gasteiger partial charge < -0.3 is 0 Å². The summed E-state index contributed by atoms with van der Waals surface area (Å²) in [7, 11) is 0.